The van der Waals surface area contributed by atoms with Gasteiger partial charge in [-0.25, -0.2) is 9.98 Å². The van der Waals surface area contributed by atoms with Gasteiger partial charge in [0.1, 0.15) is 17.9 Å². The van der Waals surface area contributed by atoms with E-state index < -0.39 is 6.36 Å². The molecule has 1 aliphatic rings. The first kappa shape index (κ1) is 27.9. The fraction of sp³-hybridized carbons (Fsp3) is 0.214. The van der Waals surface area contributed by atoms with Crippen LogP contribution in [-0.2, 0) is 0 Å². The largest absolute Gasteiger partial charge is 0.573 e. The molecule has 0 radical (unpaired) electrons. The van der Waals surface area contributed by atoms with E-state index in [1.54, 1.807) is 30.1 Å². The molecule has 202 valence electrons. The summed E-state index contributed by atoms with van der Waals surface area (Å²) >= 11 is 1.68. The van der Waals surface area contributed by atoms with Gasteiger partial charge >= 0.3 is 6.36 Å². The fourth-order valence-corrected chi connectivity index (χ4v) is 5.04. The van der Waals surface area contributed by atoms with Gasteiger partial charge in [0, 0.05) is 23.5 Å². The predicted octanol–water partition coefficient (Wildman–Crippen LogP) is 6.52. The highest BCUT2D eigenvalue weighted by molar-refractivity contribution is 8.14. The molecule has 1 heterocycles. The van der Waals surface area contributed by atoms with E-state index in [0.717, 1.165) is 23.0 Å². The van der Waals surface area contributed by atoms with Crippen molar-refractivity contribution in [1.82, 2.24) is 0 Å². The fourth-order valence-electron chi connectivity index (χ4n) is 4.14. The molecule has 11 heteroatoms. The number of hydrogen-bond acceptors (Lipinski definition) is 5. The van der Waals surface area contributed by atoms with Gasteiger partial charge in [-0.15, -0.1) is 18.3 Å². The molecular weight excluding hydrogens is 525 g/mol. The first-order valence-corrected chi connectivity index (χ1v) is 13.0. The number of thioether (sulfide) groups is 1. The number of nitrogens with two attached hydrogens (primary N) is 1. The lowest BCUT2D eigenvalue weighted by atomic mass is 10.0. The third kappa shape index (κ3) is 7.70. The molecule has 3 aromatic carbocycles. The van der Waals surface area contributed by atoms with Gasteiger partial charge in [0.15, 0.2) is 5.17 Å². The molecule has 0 atom stereocenters. The number of amidine groups is 2. The van der Waals surface area contributed by atoms with Crippen LogP contribution in [0.25, 0.3) is 0 Å². The predicted molar refractivity (Wildman–Crippen MR) is 154 cm³/mol. The average molecular weight is 553 g/mol. The molecule has 0 aliphatic carbocycles. The van der Waals surface area contributed by atoms with Crippen molar-refractivity contribution < 1.29 is 17.9 Å². The van der Waals surface area contributed by atoms with Crippen molar-refractivity contribution in [3.8, 4) is 5.75 Å². The molecular formula is C28H27F3N6OS. The lowest BCUT2D eigenvalue weighted by molar-refractivity contribution is -0.274. The maximum Gasteiger partial charge on any atom is 0.573 e. The molecule has 1 saturated heterocycles. The minimum atomic E-state index is -4.74. The Balaban J connectivity index is 1.38. The number of benzene rings is 3. The first-order chi connectivity index (χ1) is 18.6. The number of aryl methyl sites for hydroxylation is 3. The molecule has 0 spiro atoms. The molecule has 39 heavy (non-hydrogen) atoms. The maximum absolute atomic E-state index is 12.3. The van der Waals surface area contributed by atoms with Crippen molar-refractivity contribution >= 4 is 46.7 Å². The number of hydrogen-bond donors (Lipinski definition) is 1. The molecule has 3 aromatic rings. The van der Waals surface area contributed by atoms with Crippen LogP contribution in [0, 0.1) is 20.8 Å². The number of anilines is 1. The number of aliphatic imine (C=N–C) groups is 2. The lowest BCUT2D eigenvalue weighted by Gasteiger charge is -2.22. The minimum absolute atomic E-state index is 0.237. The molecule has 4 rings (SSSR count). The Morgan fingerprint density at radius 1 is 1.00 bits per heavy atom. The normalized spacial score (nSPS) is 15.7. The molecule has 0 bridgehead atoms. The van der Waals surface area contributed by atoms with E-state index in [9.17, 15) is 13.2 Å². The van der Waals surface area contributed by atoms with Crippen molar-refractivity contribution in [2.45, 2.75) is 27.1 Å². The summed E-state index contributed by atoms with van der Waals surface area (Å²) in [5, 5.41) is 9.65. The molecule has 0 saturated carbocycles. The average Bonchev–Trinajstić information content (AvgIpc) is 3.32. The first-order valence-electron chi connectivity index (χ1n) is 12.0. The smallest absolute Gasteiger partial charge is 0.406 e. The highest BCUT2D eigenvalue weighted by Crippen LogP contribution is 2.32. The Bertz CT molecular complexity index is 1410. The Morgan fingerprint density at radius 3 is 2.31 bits per heavy atom. The summed E-state index contributed by atoms with van der Waals surface area (Å²) in [4.78, 5) is 10.4. The van der Waals surface area contributed by atoms with Crippen molar-refractivity contribution in [3.63, 3.8) is 0 Å². The summed E-state index contributed by atoms with van der Waals surface area (Å²) < 4.78 is 40.6. The molecule has 7 nitrogen and oxygen atoms in total. The summed E-state index contributed by atoms with van der Waals surface area (Å²) in [6.45, 7) is 7.23. The zero-order valence-electron chi connectivity index (χ0n) is 21.6. The summed E-state index contributed by atoms with van der Waals surface area (Å²) in [5.41, 5.74) is 12.9. The van der Waals surface area contributed by atoms with Crippen LogP contribution in [0.5, 0.6) is 5.75 Å². The quantitative estimate of drug-likeness (QED) is 0.205. The summed E-state index contributed by atoms with van der Waals surface area (Å²) in [6.07, 6.45) is -1.82. The molecule has 2 N–H and O–H groups in total. The lowest BCUT2D eigenvalue weighted by Crippen LogP contribution is -2.25. The van der Waals surface area contributed by atoms with Crippen molar-refractivity contribution in [2.75, 3.05) is 17.2 Å². The van der Waals surface area contributed by atoms with Gasteiger partial charge in [0.05, 0.1) is 11.9 Å². The van der Waals surface area contributed by atoms with Crippen LogP contribution >= 0.6 is 11.8 Å². The number of nitrogens with zero attached hydrogens (tertiary/aromatic N) is 5. The van der Waals surface area contributed by atoms with Gasteiger partial charge in [-0.2, -0.15) is 5.10 Å². The topological polar surface area (TPSA) is 87.9 Å². The van der Waals surface area contributed by atoms with E-state index in [2.05, 4.69) is 62.7 Å². The number of ether oxygens (including phenoxy) is 1. The van der Waals surface area contributed by atoms with E-state index in [1.165, 1.54) is 53.0 Å². The van der Waals surface area contributed by atoms with E-state index in [0.29, 0.717) is 11.3 Å². The van der Waals surface area contributed by atoms with Crippen molar-refractivity contribution in [2.24, 2.45) is 25.9 Å². The Labute approximate surface area is 229 Å². The Kier molecular flexibility index (Phi) is 8.70. The van der Waals surface area contributed by atoms with Crippen LogP contribution in [-0.4, -0.2) is 42.2 Å². The standard InChI is InChI=1S/C28H27F3N6OS/c1-18-14-19(2)25(20(3)15-18)37-12-13-39-27(37)36-35-16-21-4-6-22(7-5-21)26(32)34-17-33-23-8-10-24(11-9-23)38-28(29,30)31/h4-11,14-17H,12-13H2,1-3H3,(H2,32,33,34)/b35-16-,36-27+. The van der Waals surface area contributed by atoms with Crippen LogP contribution in [0.2, 0.25) is 0 Å². The van der Waals surface area contributed by atoms with Gasteiger partial charge in [0.25, 0.3) is 0 Å². The molecule has 0 aromatic heterocycles. The highest BCUT2D eigenvalue weighted by atomic mass is 32.2. The summed E-state index contributed by atoms with van der Waals surface area (Å²) in [5.74, 6) is 0.867. The van der Waals surface area contributed by atoms with E-state index >= 15 is 0 Å². The second-order valence-corrected chi connectivity index (χ2v) is 9.86. The van der Waals surface area contributed by atoms with Crippen LogP contribution < -0.4 is 15.4 Å². The van der Waals surface area contributed by atoms with Crippen LogP contribution in [0.3, 0.4) is 0 Å². The molecule has 0 unspecified atom stereocenters. The number of rotatable bonds is 7. The number of halogens is 3. The molecule has 1 aliphatic heterocycles. The Morgan fingerprint density at radius 2 is 1.67 bits per heavy atom. The van der Waals surface area contributed by atoms with E-state index in [4.69, 9.17) is 5.73 Å². The zero-order chi connectivity index (χ0) is 28.0. The summed E-state index contributed by atoms with van der Waals surface area (Å²) in [6, 6.07) is 16.8. The Hall–Kier alpha value is -4.12. The zero-order valence-corrected chi connectivity index (χ0v) is 22.4. The molecule has 1 fully saturated rings. The van der Waals surface area contributed by atoms with Gasteiger partial charge < -0.3 is 15.4 Å². The van der Waals surface area contributed by atoms with E-state index in [-0.39, 0.29) is 11.6 Å². The third-order valence-electron chi connectivity index (χ3n) is 5.71. The second kappa shape index (κ2) is 12.2. The second-order valence-electron chi connectivity index (χ2n) is 8.80. The minimum Gasteiger partial charge on any atom is -0.406 e. The van der Waals surface area contributed by atoms with E-state index in [1.807, 2.05) is 12.1 Å². The van der Waals surface area contributed by atoms with Gasteiger partial charge in [0.2, 0.25) is 0 Å². The van der Waals surface area contributed by atoms with Crippen LogP contribution in [0.15, 0.2) is 80.9 Å². The molecule has 0 amide bonds. The van der Waals surface area contributed by atoms with Crippen molar-refractivity contribution in [3.05, 3.63) is 88.5 Å². The SMILES string of the molecule is Cc1cc(C)c(N2CCS/C2=N/N=C\c2ccc(C(N)=NC=Nc3ccc(OC(F)(F)F)cc3)cc2)c(C)c1. The number of alkyl halides is 3. The maximum atomic E-state index is 12.3. The van der Waals surface area contributed by atoms with Gasteiger partial charge in [-0.05, 0) is 61.7 Å². The van der Waals surface area contributed by atoms with Crippen LogP contribution in [0.4, 0.5) is 24.5 Å². The van der Waals surface area contributed by atoms with Crippen LogP contribution in [0.1, 0.15) is 27.8 Å². The van der Waals surface area contributed by atoms with Crippen molar-refractivity contribution in [1.29, 1.82) is 0 Å². The van der Waals surface area contributed by atoms with Gasteiger partial charge in [-0.3, -0.25) is 0 Å². The highest BCUT2D eigenvalue weighted by Gasteiger charge is 2.31. The van der Waals surface area contributed by atoms with Gasteiger partial charge in [-0.1, -0.05) is 53.7 Å². The monoisotopic (exact) mass is 552 g/mol. The summed E-state index contributed by atoms with van der Waals surface area (Å²) in [7, 11) is 0. The third-order valence-corrected chi connectivity index (χ3v) is 6.66.